The molecule has 1 aromatic heterocycles. The lowest BCUT2D eigenvalue weighted by Crippen LogP contribution is -2.19. The molecule has 16 heavy (non-hydrogen) atoms. The maximum atomic E-state index is 6.05. The number of thiophene rings is 1. The number of hydrogen-bond donors (Lipinski definition) is 1. The summed E-state index contributed by atoms with van der Waals surface area (Å²) in [7, 11) is 0. The van der Waals surface area contributed by atoms with Gasteiger partial charge in [0.1, 0.15) is 0 Å². The van der Waals surface area contributed by atoms with Gasteiger partial charge in [-0.05, 0) is 41.7 Å². The molecule has 0 saturated heterocycles. The molecule has 2 N–H and O–H groups in total. The summed E-state index contributed by atoms with van der Waals surface area (Å²) in [5, 5.41) is 3.69. The van der Waals surface area contributed by atoms with Gasteiger partial charge in [0.25, 0.3) is 0 Å². The molecule has 1 nitrogen and oxygen atoms in total. The van der Waals surface area contributed by atoms with Crippen LogP contribution in [0.1, 0.15) is 31.7 Å². The third-order valence-electron chi connectivity index (χ3n) is 3.01. The van der Waals surface area contributed by atoms with E-state index in [4.69, 9.17) is 5.73 Å². The van der Waals surface area contributed by atoms with E-state index in [0.717, 1.165) is 19.3 Å². The van der Waals surface area contributed by atoms with Crippen molar-refractivity contribution in [3.63, 3.8) is 0 Å². The highest BCUT2D eigenvalue weighted by atomic mass is 32.1. The van der Waals surface area contributed by atoms with E-state index in [0.29, 0.717) is 6.04 Å². The zero-order chi connectivity index (χ0) is 11.4. The Bertz CT molecular complexity index is 447. The molecule has 0 aliphatic rings. The average Bonchev–Trinajstić information content (AvgIpc) is 2.70. The molecule has 1 unspecified atom stereocenters. The van der Waals surface area contributed by atoms with Crippen LogP contribution in [-0.4, -0.2) is 6.04 Å². The molecule has 0 aliphatic heterocycles. The molecule has 86 valence electrons. The van der Waals surface area contributed by atoms with E-state index in [1.807, 2.05) is 11.3 Å². The number of nitrogens with two attached hydrogens (primary N) is 1. The van der Waals surface area contributed by atoms with Crippen LogP contribution in [0, 0.1) is 0 Å². The second-order valence-electron chi connectivity index (χ2n) is 4.34. The fourth-order valence-corrected chi connectivity index (χ4v) is 3.08. The van der Waals surface area contributed by atoms with Gasteiger partial charge in [0.15, 0.2) is 0 Å². The Hall–Kier alpha value is -0.860. The second kappa shape index (κ2) is 5.46. The molecule has 2 rings (SSSR count). The first-order valence-corrected chi connectivity index (χ1v) is 6.90. The molecule has 1 heterocycles. The molecular formula is C14H19NS. The number of aryl methyl sites for hydroxylation is 1. The maximum Gasteiger partial charge on any atom is 0.0345 e. The molecule has 2 heteroatoms. The van der Waals surface area contributed by atoms with Gasteiger partial charge in [-0.15, -0.1) is 11.3 Å². The molecule has 1 aromatic carbocycles. The normalized spacial score (nSPS) is 13.1. The van der Waals surface area contributed by atoms with Crippen LogP contribution in [-0.2, 0) is 6.42 Å². The zero-order valence-corrected chi connectivity index (χ0v) is 10.6. The third-order valence-corrected chi connectivity index (χ3v) is 4.02. The predicted molar refractivity (Wildman–Crippen MR) is 73.0 cm³/mol. The van der Waals surface area contributed by atoms with Gasteiger partial charge in [-0.25, -0.2) is 0 Å². The third kappa shape index (κ3) is 2.63. The summed E-state index contributed by atoms with van der Waals surface area (Å²) in [6.07, 6.45) is 4.55. The summed E-state index contributed by atoms with van der Waals surface area (Å²) in [5.74, 6) is 0. The van der Waals surface area contributed by atoms with Crippen LogP contribution in [0.15, 0.2) is 29.6 Å². The highest BCUT2D eigenvalue weighted by Gasteiger charge is 2.06. The van der Waals surface area contributed by atoms with Crippen molar-refractivity contribution in [3.8, 4) is 0 Å². The average molecular weight is 233 g/mol. The minimum atomic E-state index is 0.365. The summed E-state index contributed by atoms with van der Waals surface area (Å²) in [6, 6.07) is 8.99. The summed E-state index contributed by atoms with van der Waals surface area (Å²) in [5.41, 5.74) is 7.51. The van der Waals surface area contributed by atoms with Crippen molar-refractivity contribution in [2.24, 2.45) is 5.73 Å². The molecule has 0 aliphatic carbocycles. The van der Waals surface area contributed by atoms with Crippen molar-refractivity contribution in [1.82, 2.24) is 0 Å². The Morgan fingerprint density at radius 1 is 1.25 bits per heavy atom. The Balaban J connectivity index is 2.04. The van der Waals surface area contributed by atoms with Crippen molar-refractivity contribution < 1.29 is 0 Å². The Kier molecular flexibility index (Phi) is 3.97. The molecule has 0 saturated carbocycles. The predicted octanol–water partition coefficient (Wildman–Crippen LogP) is 3.96. The minimum Gasteiger partial charge on any atom is -0.328 e. The Labute approximate surface area is 101 Å². The smallest absolute Gasteiger partial charge is 0.0345 e. The molecule has 1 atom stereocenters. The fraction of sp³-hybridized carbons (Fsp3) is 0.429. The molecule has 0 bridgehead atoms. The lowest BCUT2D eigenvalue weighted by Gasteiger charge is -2.09. The Morgan fingerprint density at radius 3 is 2.88 bits per heavy atom. The van der Waals surface area contributed by atoms with Crippen LogP contribution in [0.25, 0.3) is 10.1 Å². The van der Waals surface area contributed by atoms with E-state index in [2.05, 4.69) is 36.6 Å². The van der Waals surface area contributed by atoms with Gasteiger partial charge >= 0.3 is 0 Å². The monoisotopic (exact) mass is 233 g/mol. The van der Waals surface area contributed by atoms with Crippen molar-refractivity contribution in [1.29, 1.82) is 0 Å². The van der Waals surface area contributed by atoms with E-state index >= 15 is 0 Å². The van der Waals surface area contributed by atoms with Crippen molar-refractivity contribution >= 4 is 21.4 Å². The zero-order valence-electron chi connectivity index (χ0n) is 9.78. The second-order valence-corrected chi connectivity index (χ2v) is 5.26. The standard InChI is InChI=1S/C14H19NS/c1-2-5-12(15)9-8-11-10-16-14-7-4-3-6-13(11)14/h3-4,6-7,10,12H,2,5,8-9,15H2,1H3. The molecule has 0 spiro atoms. The summed E-state index contributed by atoms with van der Waals surface area (Å²) in [4.78, 5) is 0. The highest BCUT2D eigenvalue weighted by molar-refractivity contribution is 7.17. The molecule has 0 radical (unpaired) electrons. The van der Waals surface area contributed by atoms with Gasteiger partial charge in [0.2, 0.25) is 0 Å². The van der Waals surface area contributed by atoms with Crippen molar-refractivity contribution in [2.75, 3.05) is 0 Å². The van der Waals surface area contributed by atoms with Crippen molar-refractivity contribution in [2.45, 2.75) is 38.6 Å². The summed E-state index contributed by atoms with van der Waals surface area (Å²) in [6.45, 7) is 2.19. The van der Waals surface area contributed by atoms with E-state index in [9.17, 15) is 0 Å². The lowest BCUT2D eigenvalue weighted by molar-refractivity contribution is 0.562. The first-order valence-electron chi connectivity index (χ1n) is 6.02. The van der Waals surface area contributed by atoms with E-state index < -0.39 is 0 Å². The van der Waals surface area contributed by atoms with E-state index in [-0.39, 0.29) is 0 Å². The lowest BCUT2D eigenvalue weighted by atomic mass is 10.0. The first kappa shape index (κ1) is 11.6. The van der Waals surface area contributed by atoms with Gasteiger partial charge < -0.3 is 5.73 Å². The topological polar surface area (TPSA) is 26.0 Å². The largest absolute Gasteiger partial charge is 0.328 e. The number of benzene rings is 1. The summed E-state index contributed by atoms with van der Waals surface area (Å²) >= 11 is 1.84. The van der Waals surface area contributed by atoms with Gasteiger partial charge in [-0.1, -0.05) is 31.5 Å². The molecule has 0 amide bonds. The minimum absolute atomic E-state index is 0.365. The number of fused-ring (bicyclic) bond motifs is 1. The Morgan fingerprint density at radius 2 is 2.06 bits per heavy atom. The van der Waals surface area contributed by atoms with Crippen LogP contribution >= 0.6 is 11.3 Å². The highest BCUT2D eigenvalue weighted by Crippen LogP contribution is 2.26. The fourth-order valence-electron chi connectivity index (χ4n) is 2.08. The van der Waals surface area contributed by atoms with Gasteiger partial charge in [0.05, 0.1) is 0 Å². The number of rotatable bonds is 5. The molecule has 0 fully saturated rings. The van der Waals surface area contributed by atoms with Crippen molar-refractivity contribution in [3.05, 3.63) is 35.2 Å². The van der Waals surface area contributed by atoms with Gasteiger partial charge in [-0.3, -0.25) is 0 Å². The first-order chi connectivity index (χ1) is 7.81. The van der Waals surface area contributed by atoms with Crippen LogP contribution < -0.4 is 5.73 Å². The van der Waals surface area contributed by atoms with Crippen LogP contribution in [0.2, 0.25) is 0 Å². The van der Waals surface area contributed by atoms with Gasteiger partial charge in [-0.2, -0.15) is 0 Å². The molecule has 2 aromatic rings. The SMILES string of the molecule is CCCC(N)CCc1csc2ccccc12. The van der Waals surface area contributed by atoms with E-state index in [1.165, 1.54) is 22.1 Å². The van der Waals surface area contributed by atoms with Crippen LogP contribution in [0.5, 0.6) is 0 Å². The number of hydrogen-bond acceptors (Lipinski definition) is 2. The van der Waals surface area contributed by atoms with Crippen LogP contribution in [0.4, 0.5) is 0 Å². The quantitative estimate of drug-likeness (QED) is 0.831. The van der Waals surface area contributed by atoms with Gasteiger partial charge in [0, 0.05) is 10.7 Å². The molecular weight excluding hydrogens is 214 g/mol. The summed E-state index contributed by atoms with van der Waals surface area (Å²) < 4.78 is 1.39. The maximum absolute atomic E-state index is 6.05. The van der Waals surface area contributed by atoms with E-state index in [1.54, 1.807) is 0 Å². The van der Waals surface area contributed by atoms with Crippen LogP contribution in [0.3, 0.4) is 0 Å².